The number of carbonyl (C=O) groups excluding carboxylic acids is 4. The minimum atomic E-state index is -1.38. The fourth-order valence-electron chi connectivity index (χ4n) is 7.45. The number of phenolic OH excluding ortho intramolecular Hbond substituents is 8. The first-order chi connectivity index (χ1) is 32.3. The molecule has 2 aliphatic heterocycles. The molecule has 2 aliphatic rings. The molecule has 0 aromatic heterocycles. The number of rotatable bonds is 18. The highest BCUT2D eigenvalue weighted by Gasteiger charge is 2.32. The quantitative estimate of drug-likeness (QED) is 0.0552. The van der Waals surface area contributed by atoms with Crippen molar-refractivity contribution in [2.24, 2.45) is 0 Å². The van der Waals surface area contributed by atoms with Gasteiger partial charge in [0.1, 0.15) is 24.2 Å². The van der Waals surface area contributed by atoms with Crippen molar-refractivity contribution in [2.75, 3.05) is 13.1 Å². The number of carboxylic acids is 2. The summed E-state index contributed by atoms with van der Waals surface area (Å²) < 4.78 is 0. The highest BCUT2D eigenvalue weighted by Crippen LogP contribution is 2.29. The molecule has 69 heavy (non-hydrogen) atoms. The molecule has 2 fully saturated rings. The molecule has 2 heterocycles. The summed E-state index contributed by atoms with van der Waals surface area (Å²) in [6.07, 6.45) is 2.32. The van der Waals surface area contributed by atoms with Gasteiger partial charge in [-0.1, -0.05) is 24.3 Å². The molecular weight excluding hydrogens is 909 g/mol. The van der Waals surface area contributed by atoms with E-state index < -0.39 is 94.8 Å². The average molecular weight is 965 g/mol. The van der Waals surface area contributed by atoms with Crippen LogP contribution in [0.5, 0.6) is 46.0 Å². The molecule has 4 amide bonds. The molecule has 2 saturated heterocycles. The first-order valence-corrected chi connectivity index (χ1v) is 21.4. The first kappa shape index (κ1) is 53.6. The minimum Gasteiger partial charge on any atom is -0.504 e. The lowest BCUT2D eigenvalue weighted by atomic mass is 10.0. The number of amides is 4. The zero-order valence-corrected chi connectivity index (χ0v) is 36.9. The number of aromatic hydroxyl groups is 8. The number of phenols is 8. The largest absolute Gasteiger partial charge is 0.504 e. The highest BCUT2D eigenvalue weighted by molar-refractivity contribution is 5.93. The zero-order chi connectivity index (χ0) is 49.7. The minimum absolute atomic E-state index is 0. The Hall–Kier alpha value is -8.02. The highest BCUT2D eigenvalue weighted by atomic mass is 16.4. The second-order valence-corrected chi connectivity index (χ2v) is 16.3. The van der Waals surface area contributed by atoms with Crippen LogP contribution < -0.4 is 31.9 Å². The molecule has 23 nitrogen and oxygen atoms in total. The molecule has 0 saturated carbocycles. The molecule has 0 aliphatic carbocycles. The maximum Gasteiger partial charge on any atom is 0.326 e. The fraction of sp³-hybridized carbons (Fsp3) is 0.348. The summed E-state index contributed by atoms with van der Waals surface area (Å²) in [5.74, 6) is -8.01. The number of hydrogen-bond acceptors (Lipinski definition) is 16. The van der Waals surface area contributed by atoms with E-state index in [4.69, 9.17) is 0 Å². The van der Waals surface area contributed by atoms with Gasteiger partial charge in [0, 0.05) is 25.7 Å². The van der Waals surface area contributed by atoms with Gasteiger partial charge in [0.2, 0.25) is 23.6 Å². The normalized spacial score (nSPS) is 16.8. The zero-order valence-electron chi connectivity index (χ0n) is 36.9. The molecule has 4 aromatic carbocycles. The lowest BCUT2D eigenvalue weighted by molar-refractivity contribution is -0.142. The third kappa shape index (κ3) is 15.5. The van der Waals surface area contributed by atoms with E-state index >= 15 is 0 Å². The van der Waals surface area contributed by atoms with Crippen LogP contribution in [-0.2, 0) is 54.5 Å². The Balaban J connectivity index is 0.000000296. The van der Waals surface area contributed by atoms with Gasteiger partial charge in [-0.3, -0.25) is 19.2 Å². The topological polar surface area (TPSA) is 408 Å². The number of hydrogen-bond donors (Lipinski definition) is 16. The standard InChI is InChI=1S/2C23H27N3O8.H2O/c2*27-17-5-3-12(10-19(17)29)8-15(25-21(31)14-2-1-7-24-14)22(32)26-16(23(33)34)9-13-4-6-18(28)20(30)11-13;/h2*3-6,10-11,14-16,24,27-30H,1-2,7-9H2,(H,25,31)(H,26,32)(H,33,34);1H2/t2*14-,15-,16-;/m00./s1. The van der Waals surface area contributed by atoms with E-state index in [-0.39, 0.29) is 54.2 Å². The van der Waals surface area contributed by atoms with Crippen LogP contribution in [0.4, 0.5) is 0 Å². The van der Waals surface area contributed by atoms with Crippen molar-refractivity contribution in [3.05, 3.63) is 95.1 Å². The monoisotopic (exact) mass is 964 g/mol. The molecule has 0 spiro atoms. The molecule has 23 heteroatoms. The Bertz CT molecular complexity index is 2310. The van der Waals surface area contributed by atoms with Crippen molar-refractivity contribution in [2.45, 2.75) is 87.6 Å². The van der Waals surface area contributed by atoms with E-state index in [2.05, 4.69) is 31.9 Å². The third-order valence-corrected chi connectivity index (χ3v) is 11.2. The van der Waals surface area contributed by atoms with E-state index in [1.165, 1.54) is 72.8 Å². The molecule has 372 valence electrons. The summed E-state index contributed by atoms with van der Waals surface area (Å²) in [5, 5.41) is 112. The van der Waals surface area contributed by atoms with Crippen molar-refractivity contribution in [1.29, 1.82) is 0 Å². The van der Waals surface area contributed by atoms with E-state index in [1.807, 2.05) is 0 Å². The van der Waals surface area contributed by atoms with E-state index in [1.54, 1.807) is 0 Å². The van der Waals surface area contributed by atoms with Gasteiger partial charge in [-0.25, -0.2) is 9.59 Å². The maximum absolute atomic E-state index is 13.1. The van der Waals surface area contributed by atoms with Gasteiger partial charge in [0.05, 0.1) is 12.1 Å². The van der Waals surface area contributed by atoms with Crippen molar-refractivity contribution >= 4 is 35.6 Å². The molecule has 0 radical (unpaired) electrons. The first-order valence-electron chi connectivity index (χ1n) is 21.4. The van der Waals surface area contributed by atoms with E-state index in [0.717, 1.165) is 12.8 Å². The van der Waals surface area contributed by atoms with Crippen LogP contribution in [0.15, 0.2) is 72.8 Å². The van der Waals surface area contributed by atoms with Gasteiger partial charge < -0.3 is 88.4 Å². The second kappa shape index (κ2) is 24.7. The van der Waals surface area contributed by atoms with Crippen molar-refractivity contribution in [3.8, 4) is 46.0 Å². The smallest absolute Gasteiger partial charge is 0.326 e. The Morgan fingerprint density at radius 1 is 0.435 bits per heavy atom. The lowest BCUT2D eigenvalue weighted by Gasteiger charge is -2.23. The third-order valence-electron chi connectivity index (χ3n) is 11.2. The van der Waals surface area contributed by atoms with Gasteiger partial charge in [0.25, 0.3) is 0 Å². The fourth-order valence-corrected chi connectivity index (χ4v) is 7.45. The Kier molecular flexibility index (Phi) is 19.2. The molecule has 0 unspecified atom stereocenters. The van der Waals surface area contributed by atoms with Crippen LogP contribution in [0.2, 0.25) is 0 Å². The summed E-state index contributed by atoms with van der Waals surface area (Å²) in [7, 11) is 0. The predicted molar refractivity (Wildman–Crippen MR) is 243 cm³/mol. The summed E-state index contributed by atoms with van der Waals surface area (Å²) in [6, 6.07) is 9.57. The average Bonchev–Trinajstić information content (AvgIpc) is 4.05. The molecule has 4 aromatic rings. The SMILES string of the molecule is O.O=C(O)[C@H](Cc1ccc(O)c(O)c1)NC(=O)[C@H](Cc1ccc(O)c(O)c1)NC(=O)[C@@H]1CCCN1.O=C(O)[C@H](Cc1ccc(O)c(O)c1)NC(=O)[C@H](Cc1ccc(O)c(O)c1)NC(=O)[C@@H]1CCCN1. The Morgan fingerprint density at radius 2 is 0.710 bits per heavy atom. The van der Waals surface area contributed by atoms with Gasteiger partial charge in [-0.2, -0.15) is 0 Å². The summed E-state index contributed by atoms with van der Waals surface area (Å²) in [4.78, 5) is 75.0. The lowest BCUT2D eigenvalue weighted by Crippen LogP contribution is -2.55. The van der Waals surface area contributed by atoms with Crippen LogP contribution in [0.3, 0.4) is 0 Å². The molecular formula is C46H56N6O17. The molecule has 18 N–H and O–H groups in total. The summed E-state index contributed by atoms with van der Waals surface area (Å²) in [5.41, 5.74) is 1.60. The van der Waals surface area contributed by atoms with Crippen molar-refractivity contribution < 1.29 is 85.3 Å². The number of carboxylic acid groups (broad SMARTS) is 2. The number of nitrogens with one attached hydrogen (secondary N) is 6. The van der Waals surface area contributed by atoms with E-state index in [9.17, 15) is 79.8 Å². The maximum atomic E-state index is 13.1. The predicted octanol–water partition coefficient (Wildman–Crippen LogP) is -0.624. The Labute approximate surface area is 393 Å². The van der Waals surface area contributed by atoms with Gasteiger partial charge in [0.15, 0.2) is 46.0 Å². The van der Waals surface area contributed by atoms with Crippen LogP contribution >= 0.6 is 0 Å². The number of benzene rings is 4. The van der Waals surface area contributed by atoms with Crippen LogP contribution in [0, 0.1) is 0 Å². The molecule has 6 atom stereocenters. The number of aliphatic carboxylic acids is 2. The van der Waals surface area contributed by atoms with Crippen molar-refractivity contribution in [1.82, 2.24) is 31.9 Å². The second-order valence-electron chi connectivity index (χ2n) is 16.3. The summed E-state index contributed by atoms with van der Waals surface area (Å²) >= 11 is 0. The van der Waals surface area contributed by atoms with Crippen LogP contribution in [-0.4, -0.2) is 141 Å². The number of carbonyl (C=O) groups is 6. The van der Waals surface area contributed by atoms with Crippen LogP contribution in [0.1, 0.15) is 47.9 Å². The van der Waals surface area contributed by atoms with Gasteiger partial charge in [-0.05, 0) is 110 Å². The van der Waals surface area contributed by atoms with Crippen LogP contribution in [0.25, 0.3) is 0 Å². The van der Waals surface area contributed by atoms with Gasteiger partial charge >= 0.3 is 11.9 Å². The Morgan fingerprint density at radius 3 is 0.942 bits per heavy atom. The van der Waals surface area contributed by atoms with Gasteiger partial charge in [-0.15, -0.1) is 0 Å². The summed E-state index contributed by atoms with van der Waals surface area (Å²) in [6.45, 7) is 1.34. The van der Waals surface area contributed by atoms with Crippen molar-refractivity contribution in [3.63, 3.8) is 0 Å². The molecule has 6 rings (SSSR count). The van der Waals surface area contributed by atoms with E-state index in [0.29, 0.717) is 48.2 Å². The molecule has 0 bridgehead atoms.